The summed E-state index contributed by atoms with van der Waals surface area (Å²) >= 11 is 0. The molecule has 0 aromatic heterocycles. The van der Waals surface area contributed by atoms with Gasteiger partial charge in [0.25, 0.3) is 0 Å². The van der Waals surface area contributed by atoms with E-state index in [-0.39, 0.29) is 12.4 Å². The number of hydrogen-bond acceptors (Lipinski definition) is 0. The zero-order chi connectivity index (χ0) is 21.4. The van der Waals surface area contributed by atoms with E-state index >= 15 is 0 Å². The molecule has 0 heterocycles. The fourth-order valence-corrected chi connectivity index (χ4v) is 4.06. The molecule has 0 atom stereocenters. The molecule has 0 unspecified atom stereocenters. The molecule has 0 aliphatic rings. The van der Waals surface area contributed by atoms with E-state index in [0.29, 0.717) is 0 Å². The van der Waals surface area contributed by atoms with Gasteiger partial charge in [0, 0.05) is 5.56 Å². The van der Waals surface area contributed by atoms with E-state index < -0.39 is 0 Å². The third-order valence-electron chi connectivity index (χ3n) is 5.74. The lowest BCUT2D eigenvalue weighted by atomic mass is 10.0. The Morgan fingerprint density at radius 3 is 1.69 bits per heavy atom. The lowest BCUT2D eigenvalue weighted by Crippen LogP contribution is -3.00. The van der Waals surface area contributed by atoms with E-state index in [2.05, 4.69) is 134 Å². The maximum atomic E-state index is 2.35. The molecule has 0 spiro atoms. The van der Waals surface area contributed by atoms with Crippen LogP contribution < -0.4 is 12.4 Å². The Labute approximate surface area is 198 Å². The summed E-state index contributed by atoms with van der Waals surface area (Å²) in [5.74, 6) is 0. The van der Waals surface area contributed by atoms with Gasteiger partial charge in [-0.3, -0.25) is 0 Å². The Morgan fingerprint density at radius 2 is 1.09 bits per heavy atom. The summed E-state index contributed by atoms with van der Waals surface area (Å²) in [4.78, 5) is 0. The molecule has 0 fully saturated rings. The number of fused-ring (bicyclic) bond motifs is 1. The Bertz CT molecular complexity index is 1110. The van der Waals surface area contributed by atoms with E-state index in [9.17, 15) is 0 Å². The molecule has 4 aromatic carbocycles. The molecule has 0 amide bonds. The van der Waals surface area contributed by atoms with Crippen molar-refractivity contribution in [2.24, 2.45) is 0 Å². The molecule has 0 bridgehead atoms. The van der Waals surface area contributed by atoms with Crippen LogP contribution in [0, 0.1) is 0 Å². The largest absolute Gasteiger partial charge is 1.00 e. The Morgan fingerprint density at radius 1 is 0.594 bits per heavy atom. The van der Waals surface area contributed by atoms with Crippen LogP contribution in [0.1, 0.15) is 16.7 Å². The van der Waals surface area contributed by atoms with Gasteiger partial charge in [-0.25, -0.2) is 0 Å². The molecule has 162 valence electrons. The first-order valence-corrected chi connectivity index (χ1v) is 11.0. The first-order valence-electron chi connectivity index (χ1n) is 11.0. The Hall–Kier alpha value is -3.13. The van der Waals surface area contributed by atoms with Gasteiger partial charge in [0.1, 0.15) is 6.54 Å². The van der Waals surface area contributed by atoms with Crippen LogP contribution in [0.25, 0.3) is 22.9 Å². The average Bonchev–Trinajstić information content (AvgIpc) is 2.81. The SMILES string of the molecule is C[N+](C/C=C/c1ccccc1)(C/C=C/c1ccccc1)Cc1cccc2ccccc12.[Cl-]. The first-order chi connectivity index (χ1) is 15.2. The minimum Gasteiger partial charge on any atom is -1.00 e. The van der Waals surface area contributed by atoms with Gasteiger partial charge in [0.2, 0.25) is 0 Å². The number of likely N-dealkylation sites (N-methyl/N-ethyl adjacent to an activating group) is 1. The number of benzene rings is 4. The van der Waals surface area contributed by atoms with Crippen molar-refractivity contribution in [3.63, 3.8) is 0 Å². The zero-order valence-corrected chi connectivity index (χ0v) is 19.3. The maximum absolute atomic E-state index is 2.35. The van der Waals surface area contributed by atoms with Crippen LogP contribution in [0.5, 0.6) is 0 Å². The van der Waals surface area contributed by atoms with Gasteiger partial charge in [-0.05, 0) is 34.1 Å². The lowest BCUT2D eigenvalue weighted by Gasteiger charge is -2.33. The predicted octanol–water partition coefficient (Wildman–Crippen LogP) is 4.22. The van der Waals surface area contributed by atoms with E-state index in [1.165, 1.54) is 27.5 Å². The molecule has 4 rings (SSSR count). The van der Waals surface area contributed by atoms with Crippen molar-refractivity contribution in [3.05, 3.63) is 132 Å². The second-order valence-electron chi connectivity index (χ2n) is 8.41. The smallest absolute Gasteiger partial charge is 0.105 e. The normalized spacial score (nSPS) is 11.8. The van der Waals surface area contributed by atoms with Gasteiger partial charge in [-0.15, -0.1) is 0 Å². The van der Waals surface area contributed by atoms with E-state index in [4.69, 9.17) is 0 Å². The molecule has 1 nitrogen and oxygen atoms in total. The number of rotatable bonds is 8. The summed E-state index contributed by atoms with van der Waals surface area (Å²) in [6, 6.07) is 36.5. The molecule has 32 heavy (non-hydrogen) atoms. The van der Waals surface area contributed by atoms with Gasteiger partial charge in [0.05, 0.1) is 20.1 Å². The number of nitrogens with zero attached hydrogens (tertiary/aromatic N) is 1. The van der Waals surface area contributed by atoms with Crippen molar-refractivity contribution in [1.82, 2.24) is 0 Å². The molecule has 0 aliphatic carbocycles. The van der Waals surface area contributed by atoms with Crippen LogP contribution in [-0.4, -0.2) is 24.6 Å². The van der Waals surface area contributed by atoms with E-state index in [1.54, 1.807) is 0 Å². The summed E-state index contributed by atoms with van der Waals surface area (Å²) in [5.41, 5.74) is 3.90. The fraction of sp³-hybridized carbons (Fsp3) is 0.133. The van der Waals surface area contributed by atoms with Crippen molar-refractivity contribution in [2.45, 2.75) is 6.54 Å². The second-order valence-corrected chi connectivity index (χ2v) is 8.41. The van der Waals surface area contributed by atoms with Crippen LogP contribution in [0.4, 0.5) is 0 Å². The van der Waals surface area contributed by atoms with Crippen molar-refractivity contribution < 1.29 is 16.9 Å². The minimum absolute atomic E-state index is 0. The molecular formula is C30H30ClN. The van der Waals surface area contributed by atoms with Crippen LogP contribution in [0.2, 0.25) is 0 Å². The average molecular weight is 440 g/mol. The summed E-state index contributed by atoms with van der Waals surface area (Å²) in [6.07, 6.45) is 9.11. The van der Waals surface area contributed by atoms with E-state index in [1.807, 2.05) is 0 Å². The van der Waals surface area contributed by atoms with E-state index in [0.717, 1.165) is 24.1 Å². The lowest BCUT2D eigenvalue weighted by molar-refractivity contribution is -0.911. The topological polar surface area (TPSA) is 0 Å². The number of hydrogen-bond donors (Lipinski definition) is 0. The monoisotopic (exact) mass is 439 g/mol. The third-order valence-corrected chi connectivity index (χ3v) is 5.74. The fourth-order valence-electron chi connectivity index (χ4n) is 4.06. The van der Waals surface area contributed by atoms with Gasteiger partial charge in [0.15, 0.2) is 0 Å². The molecule has 0 radical (unpaired) electrons. The first kappa shape index (κ1) is 23.5. The summed E-state index contributed by atoms with van der Waals surface area (Å²) in [7, 11) is 2.35. The Balaban J connectivity index is 0.00000289. The molecular weight excluding hydrogens is 410 g/mol. The van der Waals surface area contributed by atoms with Gasteiger partial charge < -0.3 is 16.9 Å². The van der Waals surface area contributed by atoms with Crippen molar-refractivity contribution >= 4 is 22.9 Å². The predicted molar refractivity (Wildman–Crippen MR) is 135 cm³/mol. The minimum atomic E-state index is 0. The molecule has 0 N–H and O–H groups in total. The molecule has 0 saturated heterocycles. The third kappa shape index (κ3) is 6.43. The highest BCUT2D eigenvalue weighted by molar-refractivity contribution is 5.85. The molecule has 0 saturated carbocycles. The summed E-state index contributed by atoms with van der Waals surface area (Å²) in [5, 5.41) is 2.67. The number of quaternary nitrogens is 1. The standard InChI is InChI=1S/C30H30N.ClH/c1-31(23-11-17-26-13-4-2-5-14-26,24-12-18-27-15-6-3-7-16-27)25-29-21-10-20-28-19-8-9-22-30(28)29;/h2-22H,23-25H2,1H3;1H/q+1;/p-1/b17-11+,18-12+;. The Kier molecular flexibility index (Phi) is 8.44. The van der Waals surface area contributed by atoms with Gasteiger partial charge >= 0.3 is 0 Å². The highest BCUT2D eigenvalue weighted by Gasteiger charge is 2.20. The quantitative estimate of drug-likeness (QED) is 0.361. The van der Waals surface area contributed by atoms with Crippen molar-refractivity contribution in [2.75, 3.05) is 20.1 Å². The van der Waals surface area contributed by atoms with Crippen LogP contribution in [-0.2, 0) is 6.54 Å². The van der Waals surface area contributed by atoms with Gasteiger partial charge in [-0.1, -0.05) is 115 Å². The highest BCUT2D eigenvalue weighted by atomic mass is 35.5. The maximum Gasteiger partial charge on any atom is 0.105 e. The summed E-state index contributed by atoms with van der Waals surface area (Å²) < 4.78 is 0.917. The van der Waals surface area contributed by atoms with Gasteiger partial charge in [-0.2, -0.15) is 0 Å². The number of halogens is 1. The second kappa shape index (κ2) is 11.5. The highest BCUT2D eigenvalue weighted by Crippen LogP contribution is 2.23. The van der Waals surface area contributed by atoms with Crippen LogP contribution >= 0.6 is 0 Å². The van der Waals surface area contributed by atoms with Crippen LogP contribution in [0.3, 0.4) is 0 Å². The van der Waals surface area contributed by atoms with Crippen molar-refractivity contribution in [1.29, 1.82) is 0 Å². The van der Waals surface area contributed by atoms with Crippen LogP contribution in [0.15, 0.2) is 115 Å². The van der Waals surface area contributed by atoms with Crippen molar-refractivity contribution in [3.8, 4) is 0 Å². The zero-order valence-electron chi connectivity index (χ0n) is 18.6. The molecule has 2 heteroatoms. The molecule has 4 aromatic rings. The summed E-state index contributed by atoms with van der Waals surface area (Å²) in [6.45, 7) is 2.92. The molecule has 0 aliphatic heterocycles.